The highest BCUT2D eigenvalue weighted by Crippen LogP contribution is 2.30. The predicted octanol–water partition coefficient (Wildman–Crippen LogP) is 2.30. The van der Waals surface area contributed by atoms with Gasteiger partial charge in [0.1, 0.15) is 5.82 Å². The molecule has 1 aliphatic carbocycles. The van der Waals surface area contributed by atoms with E-state index in [1.165, 1.54) is 0 Å². The van der Waals surface area contributed by atoms with Crippen LogP contribution in [0.15, 0.2) is 53.3 Å². The molecule has 0 atom stereocenters. The minimum absolute atomic E-state index is 0.148. The third-order valence-electron chi connectivity index (χ3n) is 5.31. The molecule has 3 heterocycles. The average molecular weight is 373 g/mol. The summed E-state index contributed by atoms with van der Waals surface area (Å²) in [6.07, 6.45) is 0.906. The first kappa shape index (κ1) is 16.6. The van der Waals surface area contributed by atoms with Crippen LogP contribution in [0.1, 0.15) is 0 Å². The summed E-state index contributed by atoms with van der Waals surface area (Å²) in [5.74, 6) is 0.570. The van der Waals surface area contributed by atoms with Crippen molar-refractivity contribution in [2.45, 2.75) is 0 Å². The van der Waals surface area contributed by atoms with Crippen LogP contribution in [0.5, 0.6) is 0 Å². The number of fused-ring (bicyclic) bond motifs is 2. The summed E-state index contributed by atoms with van der Waals surface area (Å²) in [5.41, 5.74) is 4.84. The summed E-state index contributed by atoms with van der Waals surface area (Å²) >= 11 is 0. The second-order valence-corrected chi connectivity index (χ2v) is 6.98. The number of aromatic amines is 2. The number of imidazole rings is 1. The number of hydrogen-bond acceptors (Lipinski definition) is 4. The third kappa shape index (κ3) is 2.72. The molecule has 0 unspecified atom stereocenters. The van der Waals surface area contributed by atoms with Gasteiger partial charge in [-0.3, -0.25) is 9.59 Å². The number of nitrogens with zero attached hydrogens (tertiary/aromatic N) is 3. The molecule has 0 radical (unpaired) electrons. The maximum absolute atomic E-state index is 12.5. The molecule has 2 N–H and O–H groups in total. The van der Waals surface area contributed by atoms with Gasteiger partial charge >= 0.3 is 0 Å². The van der Waals surface area contributed by atoms with E-state index in [1.54, 1.807) is 4.90 Å². The van der Waals surface area contributed by atoms with Gasteiger partial charge in [0.25, 0.3) is 5.56 Å². The van der Waals surface area contributed by atoms with Crippen molar-refractivity contribution in [2.75, 3.05) is 31.1 Å². The number of nitrogens with one attached hydrogen (secondary N) is 2. The Hall–Kier alpha value is -3.61. The van der Waals surface area contributed by atoms with E-state index in [0.717, 1.165) is 60.6 Å². The Morgan fingerprint density at radius 2 is 1.79 bits per heavy atom. The number of H-pyrrole nitrogens is 2. The Balaban J connectivity index is 1.53. The summed E-state index contributed by atoms with van der Waals surface area (Å²) in [5, 5.41) is 0. The summed E-state index contributed by atoms with van der Waals surface area (Å²) in [6, 6.07) is 15.6. The van der Waals surface area contributed by atoms with E-state index in [1.807, 2.05) is 42.5 Å². The molecule has 0 spiro atoms. The normalized spacial score (nSPS) is 14.7. The molecule has 5 rings (SSSR count). The number of carbonyl (C=O) groups is 1. The fraction of sp³-hybridized carbons (Fsp3) is 0.190. The molecular formula is C21H19N5O2. The number of benzene rings is 1. The van der Waals surface area contributed by atoms with Gasteiger partial charge in [0.15, 0.2) is 0 Å². The number of rotatable bonds is 3. The van der Waals surface area contributed by atoms with Crippen molar-refractivity contribution >= 4 is 23.1 Å². The van der Waals surface area contributed by atoms with E-state index < -0.39 is 0 Å². The first-order valence-corrected chi connectivity index (χ1v) is 9.28. The van der Waals surface area contributed by atoms with E-state index in [-0.39, 0.29) is 5.56 Å². The molecule has 7 nitrogen and oxygen atoms in total. The van der Waals surface area contributed by atoms with Gasteiger partial charge < -0.3 is 19.8 Å². The van der Waals surface area contributed by atoms with Crippen LogP contribution in [0.25, 0.3) is 33.7 Å². The highest BCUT2D eigenvalue weighted by Gasteiger charge is 2.20. The first-order valence-electron chi connectivity index (χ1n) is 9.28. The van der Waals surface area contributed by atoms with E-state index in [4.69, 9.17) is 0 Å². The highest BCUT2D eigenvalue weighted by molar-refractivity contribution is 5.87. The highest BCUT2D eigenvalue weighted by atomic mass is 16.1. The topological polar surface area (TPSA) is 85.1 Å². The standard InChI is InChI=1S/C21H19N5O2/c27-13-25-8-10-26(11-9-25)14-6-7-17-18(12-14)23-20(22-17)19-15-4-2-1-3-5-16(15)24-21(19)28/h1-7,12-13H,8-11H2,(H,22,23)(H,24,28). The van der Waals surface area contributed by atoms with Crippen molar-refractivity contribution in [3.8, 4) is 22.6 Å². The molecule has 2 aromatic rings. The molecular weight excluding hydrogens is 354 g/mol. The lowest BCUT2D eigenvalue weighted by Crippen LogP contribution is -2.45. The Labute approximate surface area is 161 Å². The molecule has 0 saturated carbocycles. The summed E-state index contributed by atoms with van der Waals surface area (Å²) in [7, 11) is 0. The van der Waals surface area contributed by atoms with Crippen molar-refractivity contribution < 1.29 is 4.79 Å². The summed E-state index contributed by atoms with van der Waals surface area (Å²) in [4.78, 5) is 38.3. The summed E-state index contributed by atoms with van der Waals surface area (Å²) in [6.45, 7) is 3.05. The van der Waals surface area contributed by atoms with Crippen LogP contribution in [-0.2, 0) is 4.79 Å². The van der Waals surface area contributed by atoms with Crippen molar-refractivity contribution in [1.82, 2.24) is 19.9 Å². The first-order chi connectivity index (χ1) is 13.7. The Kier molecular flexibility index (Phi) is 3.86. The van der Waals surface area contributed by atoms with Gasteiger partial charge in [-0.2, -0.15) is 0 Å². The van der Waals surface area contributed by atoms with Gasteiger partial charge in [0, 0.05) is 43.1 Å². The predicted molar refractivity (Wildman–Crippen MR) is 109 cm³/mol. The molecule has 140 valence electrons. The summed E-state index contributed by atoms with van der Waals surface area (Å²) < 4.78 is 0. The molecule has 0 bridgehead atoms. The van der Waals surface area contributed by atoms with Crippen molar-refractivity contribution in [2.24, 2.45) is 0 Å². The van der Waals surface area contributed by atoms with E-state index >= 15 is 0 Å². The van der Waals surface area contributed by atoms with Gasteiger partial charge in [0.05, 0.1) is 16.6 Å². The molecule has 28 heavy (non-hydrogen) atoms. The monoisotopic (exact) mass is 373 g/mol. The van der Waals surface area contributed by atoms with Crippen LogP contribution in [0.3, 0.4) is 0 Å². The van der Waals surface area contributed by atoms with Crippen molar-refractivity contribution in [1.29, 1.82) is 0 Å². The number of hydrogen-bond donors (Lipinski definition) is 2. The minimum atomic E-state index is -0.148. The van der Waals surface area contributed by atoms with Gasteiger partial charge in [-0.1, -0.05) is 24.3 Å². The quantitative estimate of drug-likeness (QED) is 0.540. The molecule has 3 aliphatic rings. The smallest absolute Gasteiger partial charge is 0.260 e. The number of aromatic nitrogens is 3. The van der Waals surface area contributed by atoms with Gasteiger partial charge in [-0.25, -0.2) is 4.98 Å². The zero-order valence-corrected chi connectivity index (χ0v) is 15.2. The maximum atomic E-state index is 12.5. The Morgan fingerprint density at radius 3 is 2.61 bits per heavy atom. The lowest BCUT2D eigenvalue weighted by molar-refractivity contribution is -0.118. The molecule has 1 amide bonds. The molecule has 1 aromatic carbocycles. The number of piperazine rings is 1. The van der Waals surface area contributed by atoms with E-state index in [9.17, 15) is 9.59 Å². The molecule has 2 aliphatic heterocycles. The maximum Gasteiger partial charge on any atom is 0.260 e. The lowest BCUT2D eigenvalue weighted by atomic mass is 10.1. The second-order valence-electron chi connectivity index (χ2n) is 6.98. The molecule has 1 fully saturated rings. The van der Waals surface area contributed by atoms with Crippen LogP contribution in [0.2, 0.25) is 0 Å². The number of anilines is 1. The van der Waals surface area contributed by atoms with Gasteiger partial charge in [-0.05, 0) is 24.3 Å². The van der Waals surface area contributed by atoms with Crippen LogP contribution in [0.4, 0.5) is 5.69 Å². The average Bonchev–Trinajstić information content (AvgIpc) is 3.19. The SMILES string of the molecule is O=CN1CCN(c2ccc3nc(-c4c5cccccc-5[nH]c4=O)[nH]c3c2)CC1. The Morgan fingerprint density at radius 1 is 0.964 bits per heavy atom. The van der Waals surface area contributed by atoms with Gasteiger partial charge in [-0.15, -0.1) is 0 Å². The number of carbonyl (C=O) groups excluding carboxylic acids is 1. The molecule has 1 saturated heterocycles. The minimum Gasteiger partial charge on any atom is -0.368 e. The van der Waals surface area contributed by atoms with Crippen LogP contribution in [0, 0.1) is 0 Å². The van der Waals surface area contributed by atoms with Crippen molar-refractivity contribution in [3.05, 3.63) is 58.9 Å². The fourth-order valence-electron chi connectivity index (χ4n) is 3.81. The van der Waals surface area contributed by atoms with Crippen LogP contribution < -0.4 is 10.5 Å². The molecule has 7 heteroatoms. The van der Waals surface area contributed by atoms with Crippen molar-refractivity contribution in [3.63, 3.8) is 0 Å². The van der Waals surface area contributed by atoms with E-state index in [2.05, 4.69) is 25.9 Å². The number of amides is 1. The zero-order valence-electron chi connectivity index (χ0n) is 15.2. The lowest BCUT2D eigenvalue weighted by Gasteiger charge is -2.34. The second kappa shape index (κ2) is 6.53. The molecule has 1 aromatic heterocycles. The fourth-order valence-corrected chi connectivity index (χ4v) is 3.81. The van der Waals surface area contributed by atoms with Crippen LogP contribution >= 0.6 is 0 Å². The third-order valence-corrected chi connectivity index (χ3v) is 5.31. The van der Waals surface area contributed by atoms with Gasteiger partial charge in [0.2, 0.25) is 6.41 Å². The largest absolute Gasteiger partial charge is 0.368 e. The Bertz CT molecular complexity index is 1190. The van der Waals surface area contributed by atoms with Crippen LogP contribution in [-0.4, -0.2) is 52.4 Å². The zero-order chi connectivity index (χ0) is 19.1. The van der Waals surface area contributed by atoms with E-state index in [0.29, 0.717) is 11.4 Å².